The van der Waals surface area contributed by atoms with Crippen LogP contribution in [0.3, 0.4) is 0 Å². The Labute approximate surface area is 118 Å². The van der Waals surface area contributed by atoms with Crippen molar-refractivity contribution in [2.75, 3.05) is 0 Å². The number of nitrogens with two attached hydrogens (primary N) is 1. The lowest BCUT2D eigenvalue weighted by molar-refractivity contribution is 0.593. The largest absolute Gasteiger partial charge is 0.329 e. The second-order valence-electron chi connectivity index (χ2n) is 4.03. The van der Waals surface area contributed by atoms with Crippen molar-refractivity contribution >= 4 is 26.0 Å². The Bertz CT molecular complexity index is 728. The van der Waals surface area contributed by atoms with Gasteiger partial charge in [-0.2, -0.15) is 0 Å². The number of aryl methyl sites for hydroxylation is 1. The smallest absolute Gasteiger partial charge is 0.257 e. The summed E-state index contributed by atoms with van der Waals surface area (Å²) in [4.78, 5) is 3.85. The number of hydrogen-bond donors (Lipinski definition) is 1. The zero-order chi connectivity index (χ0) is 14.2. The van der Waals surface area contributed by atoms with Gasteiger partial charge in [-0.15, -0.1) is 0 Å². The Balaban J connectivity index is 2.39. The monoisotopic (exact) mass is 347 g/mol. The lowest BCUT2D eigenvalue weighted by Gasteiger charge is -2.06. The van der Waals surface area contributed by atoms with Crippen molar-refractivity contribution in [1.82, 2.24) is 9.55 Å². The lowest BCUT2D eigenvalue weighted by Crippen LogP contribution is -2.12. The normalized spacial score (nSPS) is 11.8. The van der Waals surface area contributed by atoms with E-state index < -0.39 is 10.0 Å². The molecule has 1 heterocycles. The van der Waals surface area contributed by atoms with Gasteiger partial charge in [0.2, 0.25) is 0 Å². The molecule has 0 aliphatic carbocycles. The van der Waals surface area contributed by atoms with Crippen LogP contribution in [-0.2, 0) is 16.6 Å². The molecule has 1 aromatic heterocycles. The molecule has 5 nitrogen and oxygen atoms in total. The van der Waals surface area contributed by atoms with Crippen molar-refractivity contribution in [2.24, 2.45) is 5.14 Å². The molecule has 0 bridgehead atoms. The number of hydrogen-bond acceptors (Lipinski definition) is 3. The van der Waals surface area contributed by atoms with Gasteiger partial charge in [-0.3, -0.25) is 0 Å². The Kier molecular flexibility index (Phi) is 3.75. The number of rotatable bonds is 3. The third-order valence-electron chi connectivity index (χ3n) is 2.59. The third-order valence-corrected chi connectivity index (χ3v) is 3.87. The quantitative estimate of drug-likeness (QED) is 0.919. The molecule has 0 saturated carbocycles. The molecule has 2 aromatic rings. The maximum atomic E-state index is 13.6. The van der Waals surface area contributed by atoms with E-state index in [0.717, 1.165) is 4.47 Å². The fourth-order valence-corrected chi connectivity index (χ4v) is 2.57. The summed E-state index contributed by atoms with van der Waals surface area (Å²) in [5, 5.41) is 4.78. The summed E-state index contributed by atoms with van der Waals surface area (Å²) in [7, 11) is -3.85. The van der Waals surface area contributed by atoms with Gasteiger partial charge < -0.3 is 4.57 Å². The molecule has 19 heavy (non-hydrogen) atoms. The number of halogens is 2. The molecule has 0 unspecified atom stereocenters. The number of primary sulfonamides is 1. The van der Waals surface area contributed by atoms with E-state index in [4.69, 9.17) is 5.14 Å². The van der Waals surface area contributed by atoms with Gasteiger partial charge in [0.05, 0.1) is 6.54 Å². The minimum atomic E-state index is -3.85. The summed E-state index contributed by atoms with van der Waals surface area (Å²) >= 11 is 3.26. The topological polar surface area (TPSA) is 78.0 Å². The summed E-state index contributed by atoms with van der Waals surface area (Å²) in [6, 6.07) is 4.56. The molecule has 0 aliphatic rings. The van der Waals surface area contributed by atoms with Crippen molar-refractivity contribution in [3.8, 4) is 0 Å². The summed E-state index contributed by atoms with van der Waals surface area (Å²) in [6.07, 6.45) is 1.30. The van der Waals surface area contributed by atoms with E-state index in [2.05, 4.69) is 20.9 Å². The van der Waals surface area contributed by atoms with E-state index in [1.54, 1.807) is 19.1 Å². The molecule has 0 spiro atoms. The van der Waals surface area contributed by atoms with Crippen LogP contribution in [0.2, 0.25) is 0 Å². The Morgan fingerprint density at radius 3 is 2.74 bits per heavy atom. The third kappa shape index (κ3) is 3.20. The summed E-state index contributed by atoms with van der Waals surface area (Å²) < 4.78 is 38.3. The van der Waals surface area contributed by atoms with Crippen LogP contribution in [0, 0.1) is 12.7 Å². The Hall–Kier alpha value is -1.25. The highest BCUT2D eigenvalue weighted by molar-refractivity contribution is 9.10. The zero-order valence-corrected chi connectivity index (χ0v) is 12.4. The number of sulfonamides is 1. The van der Waals surface area contributed by atoms with Gasteiger partial charge in [-0.05, 0) is 25.1 Å². The molecular weight excluding hydrogens is 337 g/mol. The predicted octanol–water partition coefficient (Wildman–Crippen LogP) is 1.79. The van der Waals surface area contributed by atoms with Gasteiger partial charge >= 0.3 is 0 Å². The molecule has 0 atom stereocenters. The lowest BCUT2D eigenvalue weighted by atomic mass is 10.2. The minimum Gasteiger partial charge on any atom is -0.329 e. The molecule has 1 aromatic carbocycles. The van der Waals surface area contributed by atoms with Gasteiger partial charge in [0.15, 0.2) is 5.03 Å². The standard InChI is InChI=1S/C11H11BrFN3O2S/c1-7-15-11(19(14,17)18)6-16(7)5-8-4-9(12)2-3-10(8)13/h2-4,6H,5H2,1H3,(H2,14,17,18). The first-order valence-electron chi connectivity index (χ1n) is 5.28. The highest BCUT2D eigenvalue weighted by Gasteiger charge is 2.15. The first kappa shape index (κ1) is 14.2. The Morgan fingerprint density at radius 1 is 1.47 bits per heavy atom. The maximum Gasteiger partial charge on any atom is 0.257 e. The van der Waals surface area contributed by atoms with E-state index in [1.165, 1.54) is 16.8 Å². The van der Waals surface area contributed by atoms with Crippen molar-refractivity contribution in [2.45, 2.75) is 18.5 Å². The van der Waals surface area contributed by atoms with E-state index in [1.807, 2.05) is 0 Å². The highest BCUT2D eigenvalue weighted by Crippen LogP contribution is 2.18. The predicted molar refractivity (Wildman–Crippen MR) is 71.5 cm³/mol. The van der Waals surface area contributed by atoms with Gasteiger partial charge in [0.1, 0.15) is 11.6 Å². The molecule has 8 heteroatoms. The minimum absolute atomic E-state index is 0.180. The first-order chi connectivity index (χ1) is 8.77. The van der Waals surface area contributed by atoms with Gasteiger partial charge in [0, 0.05) is 16.2 Å². The van der Waals surface area contributed by atoms with Crippen LogP contribution in [0.5, 0.6) is 0 Å². The van der Waals surface area contributed by atoms with Crippen molar-refractivity contribution in [3.05, 3.63) is 46.1 Å². The number of aromatic nitrogens is 2. The van der Waals surface area contributed by atoms with Crippen LogP contribution in [0.15, 0.2) is 33.9 Å². The van der Waals surface area contributed by atoms with E-state index in [9.17, 15) is 12.8 Å². The molecule has 0 saturated heterocycles. The van der Waals surface area contributed by atoms with Gasteiger partial charge in [0.25, 0.3) is 10.0 Å². The summed E-state index contributed by atoms with van der Waals surface area (Å²) in [6.45, 7) is 1.81. The van der Waals surface area contributed by atoms with Crippen LogP contribution < -0.4 is 5.14 Å². The van der Waals surface area contributed by atoms with Gasteiger partial charge in [-0.25, -0.2) is 22.9 Å². The second kappa shape index (κ2) is 5.03. The molecule has 0 amide bonds. The molecular formula is C11H11BrFN3O2S. The van der Waals surface area contributed by atoms with Crippen molar-refractivity contribution in [1.29, 1.82) is 0 Å². The van der Waals surface area contributed by atoms with Crippen LogP contribution >= 0.6 is 15.9 Å². The van der Waals surface area contributed by atoms with E-state index in [0.29, 0.717) is 11.4 Å². The molecule has 0 radical (unpaired) electrons. The molecule has 2 N–H and O–H groups in total. The zero-order valence-electron chi connectivity index (χ0n) is 9.97. The van der Waals surface area contributed by atoms with Gasteiger partial charge in [-0.1, -0.05) is 15.9 Å². The SMILES string of the molecule is Cc1nc(S(N)(=O)=O)cn1Cc1cc(Br)ccc1F. The van der Waals surface area contributed by atoms with Crippen LogP contribution in [0.4, 0.5) is 4.39 Å². The maximum absolute atomic E-state index is 13.6. The van der Waals surface area contributed by atoms with Crippen molar-refractivity contribution in [3.63, 3.8) is 0 Å². The number of benzene rings is 1. The number of imidazole rings is 1. The highest BCUT2D eigenvalue weighted by atomic mass is 79.9. The number of nitrogens with zero attached hydrogens (tertiary/aromatic N) is 2. The fourth-order valence-electron chi connectivity index (χ4n) is 1.62. The molecule has 0 aliphatic heterocycles. The van der Waals surface area contributed by atoms with Crippen LogP contribution in [-0.4, -0.2) is 18.0 Å². The first-order valence-corrected chi connectivity index (χ1v) is 7.62. The van der Waals surface area contributed by atoms with E-state index in [-0.39, 0.29) is 17.4 Å². The molecule has 102 valence electrons. The van der Waals surface area contributed by atoms with E-state index >= 15 is 0 Å². The molecule has 2 rings (SSSR count). The van der Waals surface area contributed by atoms with Crippen molar-refractivity contribution < 1.29 is 12.8 Å². The fraction of sp³-hybridized carbons (Fsp3) is 0.182. The average molecular weight is 348 g/mol. The Morgan fingerprint density at radius 2 is 2.16 bits per heavy atom. The average Bonchev–Trinajstić information content (AvgIpc) is 2.65. The second-order valence-corrected chi connectivity index (χ2v) is 6.46. The van der Waals surface area contributed by atoms with Crippen LogP contribution in [0.25, 0.3) is 0 Å². The summed E-state index contributed by atoms with van der Waals surface area (Å²) in [5.74, 6) is 0.0804. The molecule has 0 fully saturated rings. The van der Waals surface area contributed by atoms with Crippen LogP contribution in [0.1, 0.15) is 11.4 Å². The summed E-state index contributed by atoms with van der Waals surface area (Å²) in [5.41, 5.74) is 0.427.